The van der Waals surface area contributed by atoms with Crippen LogP contribution in [0.1, 0.15) is 12.5 Å². The molecule has 7 N–H and O–H groups in total. The standard InChI is InChI=1S/C16H21NO8/c1-7(4-8-2-3-9(19)5-10(8)20)15(23)17-12-14(22)13(21)11(6-18)25-16(12)24/h2-5,11-14,16,18-22,24H,6H2,1H3,(H,17,23)/b7-4+/t11-,12-,13-,14-,16?/m1/s1. The van der Waals surface area contributed by atoms with Gasteiger partial charge in [0.05, 0.1) is 6.61 Å². The van der Waals surface area contributed by atoms with Gasteiger partial charge in [-0.15, -0.1) is 0 Å². The Balaban J connectivity index is 2.11. The minimum Gasteiger partial charge on any atom is -0.508 e. The van der Waals surface area contributed by atoms with Gasteiger partial charge in [0.25, 0.3) is 0 Å². The van der Waals surface area contributed by atoms with Crippen molar-refractivity contribution in [1.82, 2.24) is 5.32 Å². The van der Waals surface area contributed by atoms with Crippen LogP contribution < -0.4 is 5.32 Å². The van der Waals surface area contributed by atoms with Crippen LogP contribution in [0.4, 0.5) is 0 Å². The minimum atomic E-state index is -1.62. The third-order valence-corrected chi connectivity index (χ3v) is 3.94. The van der Waals surface area contributed by atoms with Crippen LogP contribution >= 0.6 is 0 Å². The lowest BCUT2D eigenvalue weighted by molar-refractivity contribution is -0.253. The summed E-state index contributed by atoms with van der Waals surface area (Å²) in [6, 6.07) is 2.56. The second kappa shape index (κ2) is 7.81. The van der Waals surface area contributed by atoms with Crippen LogP contribution in [0.2, 0.25) is 0 Å². The Morgan fingerprint density at radius 1 is 1.24 bits per heavy atom. The summed E-state index contributed by atoms with van der Waals surface area (Å²) in [5, 5.41) is 60.0. The number of hydrogen-bond donors (Lipinski definition) is 7. The van der Waals surface area contributed by atoms with E-state index in [9.17, 15) is 30.3 Å². The van der Waals surface area contributed by atoms with Gasteiger partial charge in [0, 0.05) is 17.2 Å². The lowest BCUT2D eigenvalue weighted by Gasteiger charge is -2.40. The Hall–Kier alpha value is -2.17. The van der Waals surface area contributed by atoms with Crippen molar-refractivity contribution in [2.45, 2.75) is 37.6 Å². The molecule has 1 saturated heterocycles. The van der Waals surface area contributed by atoms with Gasteiger partial charge in [0.2, 0.25) is 5.91 Å². The number of carbonyl (C=O) groups is 1. The SMILES string of the molecule is C/C(=C\c1ccc(O)cc1O)C(=O)N[C@H]1C(O)O[C@H](CO)[C@@H](O)[C@@H]1O. The van der Waals surface area contributed by atoms with Gasteiger partial charge in [0.1, 0.15) is 35.9 Å². The summed E-state index contributed by atoms with van der Waals surface area (Å²) in [5.74, 6) is -1.03. The molecule has 25 heavy (non-hydrogen) atoms. The molecule has 1 heterocycles. The molecule has 9 heteroatoms. The Kier molecular flexibility index (Phi) is 5.98. The van der Waals surface area contributed by atoms with Crippen molar-refractivity contribution < 1.29 is 40.2 Å². The molecule has 9 nitrogen and oxygen atoms in total. The molecule has 1 aliphatic heterocycles. The maximum atomic E-state index is 12.2. The third-order valence-electron chi connectivity index (χ3n) is 3.94. The van der Waals surface area contributed by atoms with Gasteiger partial charge >= 0.3 is 0 Å². The topological polar surface area (TPSA) is 160 Å². The van der Waals surface area contributed by atoms with E-state index in [4.69, 9.17) is 9.84 Å². The summed E-state index contributed by atoms with van der Waals surface area (Å²) in [6.07, 6.45) is -4.46. The van der Waals surface area contributed by atoms with Crippen molar-refractivity contribution in [3.05, 3.63) is 29.3 Å². The lowest BCUT2D eigenvalue weighted by atomic mass is 9.96. The highest BCUT2D eigenvalue weighted by Gasteiger charge is 2.44. The lowest BCUT2D eigenvalue weighted by Crippen LogP contribution is -2.64. The number of nitrogens with one attached hydrogen (secondary N) is 1. The highest BCUT2D eigenvalue weighted by molar-refractivity contribution is 5.97. The fraction of sp³-hybridized carbons (Fsp3) is 0.438. The molecule has 1 aromatic carbocycles. The molecule has 1 fully saturated rings. The predicted octanol–water partition coefficient (Wildman–Crippen LogP) is -1.58. The Bertz CT molecular complexity index is 662. The molecule has 0 spiro atoms. The van der Waals surface area contributed by atoms with Crippen molar-refractivity contribution in [2.75, 3.05) is 6.61 Å². The van der Waals surface area contributed by atoms with Gasteiger partial charge in [-0.25, -0.2) is 0 Å². The molecule has 138 valence electrons. The predicted molar refractivity (Wildman–Crippen MR) is 85.3 cm³/mol. The molecule has 1 aromatic rings. The first-order valence-electron chi connectivity index (χ1n) is 7.56. The van der Waals surface area contributed by atoms with Crippen LogP contribution in [0.3, 0.4) is 0 Å². The summed E-state index contributed by atoms with van der Waals surface area (Å²) in [6.45, 7) is 0.839. The van der Waals surface area contributed by atoms with E-state index in [-0.39, 0.29) is 22.6 Å². The van der Waals surface area contributed by atoms with E-state index in [1.165, 1.54) is 25.1 Å². The maximum absolute atomic E-state index is 12.2. The third kappa shape index (κ3) is 4.27. The molecule has 0 saturated carbocycles. The van der Waals surface area contributed by atoms with Gasteiger partial charge in [0.15, 0.2) is 6.29 Å². The number of aromatic hydroxyl groups is 2. The molecule has 1 unspecified atom stereocenters. The largest absolute Gasteiger partial charge is 0.508 e. The number of amides is 1. The number of carbonyl (C=O) groups excluding carboxylic acids is 1. The van der Waals surface area contributed by atoms with E-state index in [0.717, 1.165) is 6.07 Å². The Labute approximate surface area is 143 Å². The van der Waals surface area contributed by atoms with E-state index in [0.29, 0.717) is 0 Å². The summed E-state index contributed by atoms with van der Waals surface area (Å²) in [5.41, 5.74) is 0.422. The van der Waals surface area contributed by atoms with Gasteiger partial charge in [-0.2, -0.15) is 0 Å². The van der Waals surface area contributed by atoms with E-state index in [1.807, 2.05) is 0 Å². The number of aliphatic hydroxyl groups is 4. The van der Waals surface area contributed by atoms with Gasteiger partial charge in [-0.05, 0) is 25.1 Å². The number of hydrogen-bond acceptors (Lipinski definition) is 8. The summed E-state index contributed by atoms with van der Waals surface area (Å²) in [7, 11) is 0. The average Bonchev–Trinajstić information content (AvgIpc) is 2.57. The zero-order chi connectivity index (χ0) is 18.7. The van der Waals surface area contributed by atoms with E-state index in [1.54, 1.807) is 0 Å². The van der Waals surface area contributed by atoms with E-state index < -0.39 is 43.2 Å². The highest BCUT2D eigenvalue weighted by atomic mass is 16.6. The smallest absolute Gasteiger partial charge is 0.247 e. The first-order valence-corrected chi connectivity index (χ1v) is 7.56. The number of ether oxygens (including phenoxy) is 1. The van der Waals surface area contributed by atoms with Crippen LogP contribution in [0, 0.1) is 0 Å². The Morgan fingerprint density at radius 3 is 2.52 bits per heavy atom. The number of phenolic OH excluding ortho intramolecular Hbond substituents is 2. The fourth-order valence-electron chi connectivity index (χ4n) is 2.47. The molecule has 1 aliphatic rings. The quantitative estimate of drug-likeness (QED) is 0.319. The number of rotatable bonds is 4. The molecule has 1 amide bonds. The van der Waals surface area contributed by atoms with Crippen LogP contribution in [0.5, 0.6) is 11.5 Å². The van der Waals surface area contributed by atoms with Gasteiger partial charge in [-0.1, -0.05) is 0 Å². The average molecular weight is 355 g/mol. The summed E-state index contributed by atoms with van der Waals surface area (Å²) < 4.78 is 4.96. The van der Waals surface area contributed by atoms with Crippen molar-refractivity contribution in [1.29, 1.82) is 0 Å². The van der Waals surface area contributed by atoms with E-state index >= 15 is 0 Å². The highest BCUT2D eigenvalue weighted by Crippen LogP contribution is 2.25. The molecule has 0 aliphatic carbocycles. The molecular weight excluding hydrogens is 334 g/mol. The minimum absolute atomic E-state index is 0.130. The normalized spacial score (nSPS) is 30.1. The zero-order valence-corrected chi connectivity index (χ0v) is 13.4. The van der Waals surface area contributed by atoms with E-state index in [2.05, 4.69) is 5.32 Å². The van der Waals surface area contributed by atoms with Gasteiger partial charge in [-0.3, -0.25) is 4.79 Å². The first kappa shape index (κ1) is 19.2. The van der Waals surface area contributed by atoms with Crippen molar-refractivity contribution >= 4 is 12.0 Å². The molecule has 0 bridgehead atoms. The van der Waals surface area contributed by atoms with Crippen molar-refractivity contribution in [3.63, 3.8) is 0 Å². The fourth-order valence-corrected chi connectivity index (χ4v) is 2.47. The second-order valence-electron chi connectivity index (χ2n) is 5.80. The molecule has 0 radical (unpaired) electrons. The van der Waals surface area contributed by atoms with Crippen LogP contribution in [-0.2, 0) is 9.53 Å². The zero-order valence-electron chi connectivity index (χ0n) is 13.4. The molecule has 2 rings (SSSR count). The number of aliphatic hydroxyl groups excluding tert-OH is 4. The maximum Gasteiger partial charge on any atom is 0.247 e. The van der Waals surface area contributed by atoms with Gasteiger partial charge < -0.3 is 40.7 Å². The monoisotopic (exact) mass is 355 g/mol. The van der Waals surface area contributed by atoms with Crippen molar-refractivity contribution in [2.24, 2.45) is 0 Å². The Morgan fingerprint density at radius 2 is 1.92 bits per heavy atom. The van der Waals surface area contributed by atoms with Crippen LogP contribution in [0.15, 0.2) is 23.8 Å². The second-order valence-corrected chi connectivity index (χ2v) is 5.80. The summed E-state index contributed by atoms with van der Waals surface area (Å²) >= 11 is 0. The number of benzene rings is 1. The summed E-state index contributed by atoms with van der Waals surface area (Å²) in [4.78, 5) is 12.2. The number of phenols is 2. The first-order chi connectivity index (χ1) is 11.7. The van der Waals surface area contributed by atoms with Crippen LogP contribution in [0.25, 0.3) is 6.08 Å². The molecule has 0 aromatic heterocycles. The molecule has 5 atom stereocenters. The molecular formula is C16H21NO8. The van der Waals surface area contributed by atoms with Crippen LogP contribution in [-0.4, -0.2) is 73.8 Å². The van der Waals surface area contributed by atoms with Crippen molar-refractivity contribution in [3.8, 4) is 11.5 Å².